The van der Waals surface area contributed by atoms with Crippen molar-refractivity contribution >= 4 is 11.6 Å². The lowest BCUT2D eigenvalue weighted by atomic mass is 10.1. The van der Waals surface area contributed by atoms with Gasteiger partial charge in [-0.2, -0.15) is 0 Å². The molecule has 1 fully saturated rings. The van der Waals surface area contributed by atoms with E-state index < -0.39 is 0 Å². The molecule has 1 aromatic rings. The first-order chi connectivity index (χ1) is 6.75. The van der Waals surface area contributed by atoms with Gasteiger partial charge in [-0.05, 0) is 19.3 Å². The average molecular weight is 213 g/mol. The quantitative estimate of drug-likeness (QED) is 0.770. The Morgan fingerprint density at radius 1 is 1.36 bits per heavy atom. The zero-order valence-corrected chi connectivity index (χ0v) is 8.67. The van der Waals surface area contributed by atoms with Crippen molar-refractivity contribution in [3.05, 3.63) is 16.7 Å². The molecule has 1 aromatic heterocycles. The number of hydrogen-bond acceptors (Lipinski definition) is 2. The van der Waals surface area contributed by atoms with E-state index in [-0.39, 0.29) is 6.10 Å². The number of aliphatic hydroxyl groups is 1. The summed E-state index contributed by atoms with van der Waals surface area (Å²) in [6.45, 7) is 0.877. The fourth-order valence-corrected chi connectivity index (χ4v) is 2.44. The smallest absolute Gasteiger partial charge is 0.150 e. The molecule has 2 heterocycles. The van der Waals surface area contributed by atoms with Crippen LogP contribution in [0.5, 0.6) is 0 Å². The maximum Gasteiger partial charge on any atom is 0.150 e. The Bertz CT molecular complexity index is 370. The molecule has 0 saturated heterocycles. The lowest BCUT2D eigenvalue weighted by molar-refractivity contribution is 0.143. The van der Waals surface area contributed by atoms with Gasteiger partial charge < -0.3 is 9.67 Å². The summed E-state index contributed by atoms with van der Waals surface area (Å²) >= 11 is 6.06. The van der Waals surface area contributed by atoms with Gasteiger partial charge in [0, 0.05) is 18.9 Å². The van der Waals surface area contributed by atoms with Gasteiger partial charge >= 0.3 is 0 Å². The molecule has 3 rings (SSSR count). The lowest BCUT2D eigenvalue weighted by Gasteiger charge is -2.21. The number of aliphatic hydroxyl groups excluding tert-OH is 1. The molecule has 0 spiro atoms. The second-order valence-electron chi connectivity index (χ2n) is 4.28. The van der Waals surface area contributed by atoms with Crippen LogP contribution in [0.2, 0.25) is 5.15 Å². The van der Waals surface area contributed by atoms with Gasteiger partial charge in [0.25, 0.3) is 0 Å². The normalized spacial score (nSPS) is 26.3. The van der Waals surface area contributed by atoms with Crippen LogP contribution in [0, 0.1) is 0 Å². The van der Waals surface area contributed by atoms with Crippen molar-refractivity contribution in [2.45, 2.75) is 44.2 Å². The van der Waals surface area contributed by atoms with Crippen LogP contribution >= 0.6 is 11.6 Å². The summed E-state index contributed by atoms with van der Waals surface area (Å²) in [6, 6.07) is 0. The first kappa shape index (κ1) is 8.74. The fourth-order valence-electron chi connectivity index (χ4n) is 2.18. The van der Waals surface area contributed by atoms with E-state index in [4.69, 9.17) is 11.6 Å². The third-order valence-corrected chi connectivity index (χ3v) is 3.41. The van der Waals surface area contributed by atoms with Gasteiger partial charge in [0.1, 0.15) is 5.82 Å². The first-order valence-corrected chi connectivity index (χ1v) is 5.56. The number of rotatable bonds is 1. The molecule has 3 nitrogen and oxygen atoms in total. The summed E-state index contributed by atoms with van der Waals surface area (Å²) in [6.07, 6.45) is 3.76. The molecule has 1 N–H and O–H groups in total. The van der Waals surface area contributed by atoms with Gasteiger partial charge in [-0.25, -0.2) is 4.98 Å². The number of imidazole rings is 1. The van der Waals surface area contributed by atoms with Gasteiger partial charge in [-0.15, -0.1) is 0 Å². The molecule has 1 unspecified atom stereocenters. The highest BCUT2D eigenvalue weighted by Crippen LogP contribution is 2.41. The van der Waals surface area contributed by atoms with E-state index in [1.165, 1.54) is 12.8 Å². The second kappa shape index (κ2) is 2.97. The summed E-state index contributed by atoms with van der Waals surface area (Å²) in [5, 5.41) is 10.1. The summed E-state index contributed by atoms with van der Waals surface area (Å²) in [5.74, 6) is 1.79. The highest BCUT2D eigenvalue weighted by Gasteiger charge is 2.32. The highest BCUT2D eigenvalue weighted by atomic mass is 35.5. The van der Waals surface area contributed by atoms with Crippen LogP contribution in [-0.4, -0.2) is 20.8 Å². The van der Waals surface area contributed by atoms with E-state index in [1.54, 1.807) is 0 Å². The number of halogens is 1. The van der Waals surface area contributed by atoms with Crippen LogP contribution in [0.1, 0.15) is 36.7 Å². The molecule has 76 valence electrons. The number of fused-ring (bicyclic) bond motifs is 1. The molecule has 1 atom stereocenters. The van der Waals surface area contributed by atoms with Crippen molar-refractivity contribution in [2.75, 3.05) is 0 Å². The second-order valence-corrected chi connectivity index (χ2v) is 4.64. The maximum atomic E-state index is 9.54. The summed E-state index contributed by atoms with van der Waals surface area (Å²) in [5.41, 5.74) is 1.03. The Kier molecular flexibility index (Phi) is 1.86. The predicted octanol–water partition coefficient (Wildman–Crippen LogP) is 1.72. The van der Waals surface area contributed by atoms with Crippen LogP contribution < -0.4 is 0 Å². The fraction of sp³-hybridized carbons (Fsp3) is 0.700. The van der Waals surface area contributed by atoms with Crippen LogP contribution in [0.25, 0.3) is 0 Å². The van der Waals surface area contributed by atoms with Gasteiger partial charge in [0.05, 0.1) is 11.8 Å². The zero-order valence-electron chi connectivity index (χ0n) is 7.91. The summed E-state index contributed by atoms with van der Waals surface area (Å²) in [7, 11) is 0. The standard InChI is InChI=1S/C10H13ClN2O/c11-9-8-5-7(14)3-4-13(8)10(12-9)6-1-2-6/h6-7,14H,1-5H2. The number of nitrogens with zero attached hydrogens (tertiary/aromatic N) is 2. The van der Waals surface area contributed by atoms with E-state index in [0.717, 1.165) is 24.5 Å². The first-order valence-electron chi connectivity index (χ1n) is 5.18. The topological polar surface area (TPSA) is 38.0 Å². The molecular weight excluding hydrogens is 200 g/mol. The Morgan fingerprint density at radius 2 is 2.14 bits per heavy atom. The van der Waals surface area contributed by atoms with Gasteiger partial charge in [-0.3, -0.25) is 0 Å². The zero-order chi connectivity index (χ0) is 9.71. The maximum absolute atomic E-state index is 9.54. The van der Waals surface area contributed by atoms with Crippen molar-refractivity contribution in [1.29, 1.82) is 0 Å². The van der Waals surface area contributed by atoms with Crippen molar-refractivity contribution in [1.82, 2.24) is 9.55 Å². The van der Waals surface area contributed by atoms with E-state index in [1.807, 2.05) is 0 Å². The molecule has 14 heavy (non-hydrogen) atoms. The van der Waals surface area contributed by atoms with E-state index in [9.17, 15) is 5.11 Å². The van der Waals surface area contributed by atoms with Crippen LogP contribution in [0.15, 0.2) is 0 Å². The Hall–Kier alpha value is -0.540. The molecule has 4 heteroatoms. The summed E-state index contributed by atoms with van der Waals surface area (Å²) < 4.78 is 2.22. The molecule has 0 aromatic carbocycles. The molecule has 2 aliphatic rings. The number of aromatic nitrogens is 2. The Balaban J connectivity index is 2.04. The average Bonchev–Trinajstić information content (AvgIpc) is 2.94. The van der Waals surface area contributed by atoms with Gasteiger partial charge in [0.15, 0.2) is 5.15 Å². The molecule has 0 bridgehead atoms. The molecular formula is C10H13ClN2O. The third-order valence-electron chi connectivity index (χ3n) is 3.11. The van der Waals surface area contributed by atoms with Crippen LogP contribution in [0.3, 0.4) is 0 Å². The highest BCUT2D eigenvalue weighted by molar-refractivity contribution is 6.30. The Labute approximate surface area is 87.7 Å². The molecule has 0 amide bonds. The third kappa shape index (κ3) is 1.27. The minimum Gasteiger partial charge on any atom is -0.393 e. The summed E-state index contributed by atoms with van der Waals surface area (Å²) in [4.78, 5) is 4.41. The molecule has 1 aliphatic carbocycles. The number of hydrogen-bond donors (Lipinski definition) is 1. The van der Waals surface area contributed by atoms with Crippen molar-refractivity contribution < 1.29 is 5.11 Å². The molecule has 0 radical (unpaired) electrons. The van der Waals surface area contributed by atoms with E-state index in [2.05, 4.69) is 9.55 Å². The minimum atomic E-state index is -0.233. The van der Waals surface area contributed by atoms with Crippen LogP contribution in [0.4, 0.5) is 0 Å². The van der Waals surface area contributed by atoms with Crippen molar-refractivity contribution in [2.24, 2.45) is 0 Å². The predicted molar refractivity (Wildman–Crippen MR) is 53.5 cm³/mol. The van der Waals surface area contributed by atoms with E-state index >= 15 is 0 Å². The van der Waals surface area contributed by atoms with Gasteiger partial charge in [-0.1, -0.05) is 11.6 Å². The van der Waals surface area contributed by atoms with Crippen molar-refractivity contribution in [3.63, 3.8) is 0 Å². The Morgan fingerprint density at radius 3 is 2.86 bits per heavy atom. The molecule has 1 saturated carbocycles. The largest absolute Gasteiger partial charge is 0.393 e. The van der Waals surface area contributed by atoms with E-state index in [0.29, 0.717) is 17.5 Å². The SMILES string of the molecule is OC1CCn2c(C3CC3)nc(Cl)c2C1. The van der Waals surface area contributed by atoms with Crippen LogP contribution in [-0.2, 0) is 13.0 Å². The molecule has 1 aliphatic heterocycles. The van der Waals surface area contributed by atoms with Crippen molar-refractivity contribution in [3.8, 4) is 0 Å². The lowest BCUT2D eigenvalue weighted by Crippen LogP contribution is -2.23. The monoisotopic (exact) mass is 212 g/mol. The van der Waals surface area contributed by atoms with Gasteiger partial charge in [0.2, 0.25) is 0 Å². The minimum absolute atomic E-state index is 0.233.